The molecule has 0 aromatic heterocycles. The van der Waals surface area contributed by atoms with Crippen LogP contribution in [-0.4, -0.2) is 21.1 Å². The van der Waals surface area contributed by atoms with E-state index in [-0.39, 0.29) is 4.32 Å². The zero-order valence-corrected chi connectivity index (χ0v) is 16.6. The van der Waals surface area contributed by atoms with Crippen LogP contribution >= 0.6 is 47.2 Å². The fourth-order valence-corrected chi connectivity index (χ4v) is 3.67. The lowest BCUT2D eigenvalue weighted by Crippen LogP contribution is -2.44. The smallest absolute Gasteiger partial charge is 0.267 e. The summed E-state index contributed by atoms with van der Waals surface area (Å²) in [6.07, 6.45) is 1.65. The molecule has 1 saturated heterocycles. The standard InChI is InChI=1S/C18H12Cl2N2O2S2/c1-10-2-5-12(6-3-10)16(23)21-22-17(24)15(26-18(22)25)9-11-4-7-13(19)14(20)8-11/h2-9H,1H3,(H,21,23)/b15-9-. The van der Waals surface area contributed by atoms with Crippen molar-refractivity contribution >= 4 is 69.4 Å². The Balaban J connectivity index is 1.78. The Hall–Kier alpha value is -1.86. The fraction of sp³-hybridized carbons (Fsp3) is 0.0556. The van der Waals surface area contributed by atoms with Crippen LogP contribution in [0.1, 0.15) is 21.5 Å². The minimum atomic E-state index is -0.405. The molecule has 8 heteroatoms. The molecular formula is C18H12Cl2N2O2S2. The van der Waals surface area contributed by atoms with Gasteiger partial charge in [-0.3, -0.25) is 15.0 Å². The van der Waals surface area contributed by atoms with Gasteiger partial charge in [0.1, 0.15) is 0 Å². The van der Waals surface area contributed by atoms with E-state index in [9.17, 15) is 9.59 Å². The second-order valence-electron chi connectivity index (χ2n) is 5.50. The van der Waals surface area contributed by atoms with Crippen LogP contribution in [-0.2, 0) is 4.79 Å². The van der Waals surface area contributed by atoms with Gasteiger partial charge in [0, 0.05) is 5.56 Å². The third kappa shape index (κ3) is 4.10. The van der Waals surface area contributed by atoms with Crippen molar-refractivity contribution in [2.75, 3.05) is 0 Å². The van der Waals surface area contributed by atoms with Gasteiger partial charge in [0.05, 0.1) is 15.0 Å². The first-order valence-electron chi connectivity index (χ1n) is 7.46. The molecule has 1 N–H and O–H groups in total. The van der Waals surface area contributed by atoms with E-state index in [4.69, 9.17) is 35.4 Å². The van der Waals surface area contributed by atoms with E-state index in [2.05, 4.69) is 5.43 Å². The number of thioether (sulfide) groups is 1. The van der Waals surface area contributed by atoms with Crippen LogP contribution in [0.15, 0.2) is 47.4 Å². The lowest BCUT2D eigenvalue weighted by Gasteiger charge is -2.15. The molecule has 0 atom stereocenters. The average Bonchev–Trinajstić information content (AvgIpc) is 2.86. The van der Waals surface area contributed by atoms with E-state index in [1.54, 1.807) is 36.4 Å². The molecule has 1 heterocycles. The molecule has 0 bridgehead atoms. The first-order chi connectivity index (χ1) is 12.3. The number of benzene rings is 2. The molecule has 4 nitrogen and oxygen atoms in total. The molecule has 2 aromatic rings. The van der Waals surface area contributed by atoms with Crippen LogP contribution in [0.3, 0.4) is 0 Å². The number of nitrogens with one attached hydrogen (secondary N) is 1. The number of nitrogens with zero attached hydrogens (tertiary/aromatic N) is 1. The summed E-state index contributed by atoms with van der Waals surface area (Å²) >= 11 is 18.2. The molecule has 2 amide bonds. The number of amides is 2. The Labute approximate surface area is 170 Å². The molecule has 26 heavy (non-hydrogen) atoms. The number of aryl methyl sites for hydroxylation is 1. The maximum atomic E-state index is 12.6. The zero-order valence-electron chi connectivity index (χ0n) is 13.5. The summed E-state index contributed by atoms with van der Waals surface area (Å²) in [5.74, 6) is -0.802. The Bertz CT molecular complexity index is 943. The number of halogens is 2. The number of rotatable bonds is 3. The minimum Gasteiger partial charge on any atom is -0.267 e. The second-order valence-corrected chi connectivity index (χ2v) is 7.99. The van der Waals surface area contributed by atoms with Gasteiger partial charge in [-0.15, -0.1) is 0 Å². The summed E-state index contributed by atoms with van der Waals surface area (Å²) in [6.45, 7) is 1.93. The van der Waals surface area contributed by atoms with Gasteiger partial charge in [-0.05, 0) is 55.0 Å². The summed E-state index contributed by atoms with van der Waals surface area (Å²) in [4.78, 5) is 25.3. The largest absolute Gasteiger partial charge is 0.285 e. The molecule has 2 aromatic carbocycles. The van der Waals surface area contributed by atoms with Gasteiger partial charge in [0.25, 0.3) is 11.8 Å². The fourth-order valence-electron chi connectivity index (χ4n) is 2.19. The van der Waals surface area contributed by atoms with Crippen molar-refractivity contribution in [1.29, 1.82) is 0 Å². The maximum Gasteiger partial charge on any atom is 0.285 e. The summed E-state index contributed by atoms with van der Waals surface area (Å²) in [5, 5.41) is 1.90. The van der Waals surface area contributed by atoms with Gasteiger partial charge in [0.2, 0.25) is 0 Å². The van der Waals surface area contributed by atoms with Crippen molar-refractivity contribution in [3.05, 3.63) is 74.1 Å². The number of hydrazine groups is 1. The molecule has 1 aliphatic rings. The van der Waals surface area contributed by atoms with Crippen molar-refractivity contribution in [3.8, 4) is 0 Å². The van der Waals surface area contributed by atoms with Gasteiger partial charge in [-0.25, -0.2) is 0 Å². The van der Waals surface area contributed by atoms with Gasteiger partial charge in [0.15, 0.2) is 4.32 Å². The van der Waals surface area contributed by atoms with Crippen LogP contribution in [0.5, 0.6) is 0 Å². The van der Waals surface area contributed by atoms with Gasteiger partial charge >= 0.3 is 0 Å². The van der Waals surface area contributed by atoms with Crippen molar-refractivity contribution < 1.29 is 9.59 Å². The van der Waals surface area contributed by atoms with Gasteiger partial charge in [-0.2, -0.15) is 5.01 Å². The average molecular weight is 423 g/mol. The Kier molecular flexibility index (Phi) is 5.67. The molecule has 1 fully saturated rings. The maximum absolute atomic E-state index is 12.6. The predicted molar refractivity (Wildman–Crippen MR) is 110 cm³/mol. The Morgan fingerprint density at radius 3 is 2.50 bits per heavy atom. The highest BCUT2D eigenvalue weighted by Gasteiger charge is 2.33. The van der Waals surface area contributed by atoms with Gasteiger partial charge < -0.3 is 0 Å². The monoisotopic (exact) mass is 422 g/mol. The molecule has 0 unspecified atom stereocenters. The van der Waals surface area contributed by atoms with Crippen molar-refractivity contribution in [2.24, 2.45) is 0 Å². The van der Waals surface area contributed by atoms with Crippen molar-refractivity contribution in [2.45, 2.75) is 6.92 Å². The number of thiocarbonyl (C=S) groups is 1. The zero-order chi connectivity index (χ0) is 18.8. The lowest BCUT2D eigenvalue weighted by molar-refractivity contribution is -0.123. The molecule has 132 valence electrons. The third-order valence-corrected chi connectivity index (χ3v) is 5.60. The second kappa shape index (κ2) is 7.80. The molecule has 0 radical (unpaired) electrons. The van der Waals surface area contributed by atoms with E-state index < -0.39 is 11.8 Å². The minimum absolute atomic E-state index is 0.252. The van der Waals surface area contributed by atoms with Crippen LogP contribution in [0, 0.1) is 6.92 Å². The summed E-state index contributed by atoms with van der Waals surface area (Å²) in [5.41, 5.74) is 4.74. The van der Waals surface area contributed by atoms with E-state index in [0.717, 1.165) is 22.3 Å². The predicted octanol–water partition coefficient (Wildman–Crippen LogP) is 4.85. The number of carbonyl (C=O) groups excluding carboxylic acids is 2. The van der Waals surface area contributed by atoms with Crippen LogP contribution in [0.4, 0.5) is 0 Å². The van der Waals surface area contributed by atoms with E-state index in [1.807, 2.05) is 19.1 Å². The molecular weight excluding hydrogens is 411 g/mol. The third-order valence-electron chi connectivity index (χ3n) is 3.56. The number of carbonyl (C=O) groups is 2. The summed E-state index contributed by atoms with van der Waals surface area (Å²) < 4.78 is 0.252. The molecule has 0 saturated carbocycles. The quantitative estimate of drug-likeness (QED) is 0.567. The first-order valence-corrected chi connectivity index (χ1v) is 9.44. The normalized spacial score (nSPS) is 15.7. The summed E-state index contributed by atoms with van der Waals surface area (Å²) in [7, 11) is 0. The highest BCUT2D eigenvalue weighted by Crippen LogP contribution is 2.32. The molecule has 1 aliphatic heterocycles. The number of hydrogen-bond donors (Lipinski definition) is 1. The van der Waals surface area contributed by atoms with Gasteiger partial charge in [-0.1, -0.05) is 58.7 Å². The Morgan fingerprint density at radius 2 is 1.85 bits per heavy atom. The van der Waals surface area contributed by atoms with E-state index >= 15 is 0 Å². The molecule has 0 spiro atoms. The van der Waals surface area contributed by atoms with Crippen LogP contribution in [0.2, 0.25) is 10.0 Å². The van der Waals surface area contributed by atoms with Crippen LogP contribution < -0.4 is 5.43 Å². The topological polar surface area (TPSA) is 49.4 Å². The van der Waals surface area contributed by atoms with E-state index in [1.165, 1.54) is 0 Å². The molecule has 0 aliphatic carbocycles. The lowest BCUT2D eigenvalue weighted by atomic mass is 10.1. The number of hydrogen-bond acceptors (Lipinski definition) is 4. The Morgan fingerprint density at radius 1 is 1.15 bits per heavy atom. The SMILES string of the molecule is Cc1ccc(C(=O)NN2C(=O)/C(=C/c3ccc(Cl)c(Cl)c3)SC2=S)cc1. The highest BCUT2D eigenvalue weighted by atomic mass is 35.5. The highest BCUT2D eigenvalue weighted by molar-refractivity contribution is 8.26. The van der Waals surface area contributed by atoms with Crippen LogP contribution in [0.25, 0.3) is 6.08 Å². The first kappa shape index (κ1) is 18.9. The molecule has 3 rings (SSSR count). The van der Waals surface area contributed by atoms with Crippen molar-refractivity contribution in [1.82, 2.24) is 10.4 Å². The summed E-state index contributed by atoms with van der Waals surface area (Å²) in [6, 6.07) is 12.1. The van der Waals surface area contributed by atoms with Crippen molar-refractivity contribution in [3.63, 3.8) is 0 Å². The van der Waals surface area contributed by atoms with E-state index in [0.29, 0.717) is 26.1 Å².